The van der Waals surface area contributed by atoms with Gasteiger partial charge in [0.15, 0.2) is 11.5 Å². The molecule has 140 valence electrons. The average Bonchev–Trinajstić information content (AvgIpc) is 3.06. The number of hydrogen-bond acceptors (Lipinski definition) is 5. The molecule has 26 heavy (non-hydrogen) atoms. The maximum absolute atomic E-state index is 11.4. The molecular weight excluding hydrogens is 332 g/mol. The highest BCUT2D eigenvalue weighted by Crippen LogP contribution is 2.56. The maximum atomic E-state index is 11.4. The van der Waals surface area contributed by atoms with Crippen LogP contribution < -0.4 is 9.47 Å². The van der Waals surface area contributed by atoms with Crippen LogP contribution in [0.25, 0.3) is 0 Å². The summed E-state index contributed by atoms with van der Waals surface area (Å²) in [6, 6.07) is 6.05. The third-order valence-electron chi connectivity index (χ3n) is 6.52. The van der Waals surface area contributed by atoms with Crippen LogP contribution in [0.2, 0.25) is 0 Å². The summed E-state index contributed by atoms with van der Waals surface area (Å²) in [5.41, 5.74) is 2.27. The minimum Gasteiger partial charge on any atom is -0.465 e. The van der Waals surface area contributed by atoms with Crippen LogP contribution in [0, 0.1) is 23.2 Å². The Balaban J connectivity index is 1.67. The van der Waals surface area contributed by atoms with Crippen molar-refractivity contribution in [2.24, 2.45) is 23.2 Å². The van der Waals surface area contributed by atoms with Crippen LogP contribution in [0.4, 0.5) is 0 Å². The monoisotopic (exact) mass is 358 g/mol. The van der Waals surface area contributed by atoms with Crippen molar-refractivity contribution in [3.05, 3.63) is 35.4 Å². The Labute approximate surface area is 154 Å². The third-order valence-corrected chi connectivity index (χ3v) is 6.52. The Hall–Kier alpha value is -2.01. The fourth-order valence-corrected chi connectivity index (χ4v) is 4.88. The van der Waals surface area contributed by atoms with E-state index in [0.29, 0.717) is 25.0 Å². The van der Waals surface area contributed by atoms with Gasteiger partial charge >= 0.3 is 5.97 Å². The van der Waals surface area contributed by atoms with Crippen LogP contribution in [0.15, 0.2) is 29.8 Å². The molecule has 1 fully saturated rings. The fourth-order valence-electron chi connectivity index (χ4n) is 4.88. The lowest BCUT2D eigenvalue weighted by molar-refractivity contribution is -0.180. The summed E-state index contributed by atoms with van der Waals surface area (Å²) in [7, 11) is 0. The predicted octanol–water partition coefficient (Wildman–Crippen LogP) is 3.88. The zero-order valence-corrected chi connectivity index (χ0v) is 15.8. The molecule has 4 rings (SSSR count). The van der Waals surface area contributed by atoms with E-state index >= 15 is 0 Å². The van der Waals surface area contributed by atoms with Gasteiger partial charge in [-0.1, -0.05) is 31.6 Å². The second-order valence-corrected chi connectivity index (χ2v) is 7.87. The van der Waals surface area contributed by atoms with E-state index in [2.05, 4.69) is 32.9 Å². The Morgan fingerprint density at radius 1 is 1.27 bits per heavy atom. The van der Waals surface area contributed by atoms with Gasteiger partial charge in [0.1, 0.15) is 0 Å². The highest BCUT2D eigenvalue weighted by molar-refractivity contribution is 5.66. The lowest BCUT2D eigenvalue weighted by atomic mass is 9.56. The molecule has 0 spiro atoms. The van der Waals surface area contributed by atoms with E-state index in [0.717, 1.165) is 17.1 Å². The highest BCUT2D eigenvalue weighted by atomic mass is 16.7. The van der Waals surface area contributed by atoms with Gasteiger partial charge in [0.2, 0.25) is 6.79 Å². The maximum Gasteiger partial charge on any atom is 0.302 e. The molecule has 5 heteroatoms. The quantitative estimate of drug-likeness (QED) is 0.606. The molecule has 2 aliphatic heterocycles. The minimum atomic E-state index is -0.237. The molecule has 5 nitrogen and oxygen atoms in total. The molecular formula is C21H26O5. The SMILES string of the molecule is CC(=O)OC[C@@]12CO[C@H](c3ccc4c(c3)OCO4)[C@H](C(C)=C[C@H]1C)[C@@H]2C. The van der Waals surface area contributed by atoms with E-state index in [1.807, 2.05) is 12.1 Å². The number of allylic oxidation sites excluding steroid dienone is 1. The second kappa shape index (κ2) is 6.31. The van der Waals surface area contributed by atoms with E-state index in [-0.39, 0.29) is 30.2 Å². The molecule has 3 aliphatic rings. The summed E-state index contributed by atoms with van der Waals surface area (Å²) in [5.74, 6) is 2.21. The first-order valence-electron chi connectivity index (χ1n) is 9.25. The van der Waals surface area contributed by atoms with Crippen molar-refractivity contribution in [2.45, 2.75) is 33.8 Å². The van der Waals surface area contributed by atoms with Crippen molar-refractivity contribution in [1.82, 2.24) is 0 Å². The van der Waals surface area contributed by atoms with E-state index < -0.39 is 0 Å². The number of carbonyl (C=O) groups excluding carboxylic acids is 1. The van der Waals surface area contributed by atoms with Gasteiger partial charge in [0.05, 0.1) is 19.3 Å². The Morgan fingerprint density at radius 2 is 2.04 bits per heavy atom. The van der Waals surface area contributed by atoms with Crippen molar-refractivity contribution in [1.29, 1.82) is 0 Å². The number of esters is 1. The van der Waals surface area contributed by atoms with Crippen molar-refractivity contribution in [2.75, 3.05) is 20.0 Å². The van der Waals surface area contributed by atoms with Crippen molar-refractivity contribution in [3.63, 3.8) is 0 Å². The van der Waals surface area contributed by atoms with Crippen molar-refractivity contribution < 1.29 is 23.7 Å². The fraction of sp³-hybridized carbons (Fsp3) is 0.571. The minimum absolute atomic E-state index is 0.0336. The van der Waals surface area contributed by atoms with Gasteiger partial charge in [-0.2, -0.15) is 0 Å². The molecule has 0 aromatic heterocycles. The van der Waals surface area contributed by atoms with Crippen LogP contribution >= 0.6 is 0 Å². The number of hydrogen-bond donors (Lipinski definition) is 0. The first-order chi connectivity index (χ1) is 12.4. The van der Waals surface area contributed by atoms with Crippen molar-refractivity contribution in [3.8, 4) is 11.5 Å². The summed E-state index contributed by atoms with van der Waals surface area (Å²) >= 11 is 0. The van der Waals surface area contributed by atoms with Crippen LogP contribution in [-0.2, 0) is 14.3 Å². The van der Waals surface area contributed by atoms with E-state index in [4.69, 9.17) is 18.9 Å². The molecule has 0 saturated carbocycles. The lowest BCUT2D eigenvalue weighted by Gasteiger charge is -2.55. The standard InChI is InChI=1S/C21H26O5/c1-12-7-13(2)21(9-23-15(4)22)10-24-20(19(12)14(21)3)16-5-6-17-18(8-16)26-11-25-17/h5-8,13-14,19-20H,9-11H2,1-4H3/t13-,14+,19-,20-,21-/m1/s1. The first-order valence-corrected chi connectivity index (χ1v) is 9.25. The molecule has 1 saturated heterocycles. The summed E-state index contributed by atoms with van der Waals surface area (Å²) in [6.45, 7) is 9.36. The Kier molecular flexibility index (Phi) is 4.22. The van der Waals surface area contributed by atoms with Crippen LogP contribution in [0.3, 0.4) is 0 Å². The van der Waals surface area contributed by atoms with E-state index in [1.54, 1.807) is 0 Å². The first kappa shape index (κ1) is 17.4. The van der Waals surface area contributed by atoms with Crippen molar-refractivity contribution >= 4 is 5.97 Å². The number of rotatable bonds is 3. The van der Waals surface area contributed by atoms with Gasteiger partial charge in [-0.05, 0) is 36.5 Å². The number of fused-ring (bicyclic) bond motifs is 3. The molecule has 0 N–H and O–H groups in total. The molecule has 1 aliphatic carbocycles. The topological polar surface area (TPSA) is 54.0 Å². The van der Waals surface area contributed by atoms with Gasteiger partial charge in [-0.3, -0.25) is 4.79 Å². The number of ether oxygens (including phenoxy) is 4. The molecule has 0 radical (unpaired) electrons. The van der Waals surface area contributed by atoms with Crippen LogP contribution in [0.1, 0.15) is 39.4 Å². The average molecular weight is 358 g/mol. The number of benzene rings is 1. The van der Waals surface area contributed by atoms with Crippen LogP contribution in [-0.4, -0.2) is 26.0 Å². The molecule has 0 unspecified atom stereocenters. The lowest BCUT2D eigenvalue weighted by Crippen LogP contribution is -2.54. The molecule has 1 aromatic rings. The predicted molar refractivity (Wildman–Crippen MR) is 95.9 cm³/mol. The Morgan fingerprint density at radius 3 is 2.81 bits per heavy atom. The second-order valence-electron chi connectivity index (χ2n) is 7.87. The van der Waals surface area contributed by atoms with Gasteiger partial charge in [-0.25, -0.2) is 0 Å². The molecule has 5 atom stereocenters. The summed E-state index contributed by atoms with van der Waals surface area (Å²) < 4.78 is 22.8. The smallest absolute Gasteiger partial charge is 0.302 e. The molecule has 0 amide bonds. The summed E-state index contributed by atoms with van der Waals surface area (Å²) in [5, 5.41) is 0. The van der Waals surface area contributed by atoms with Gasteiger partial charge in [0.25, 0.3) is 0 Å². The zero-order chi connectivity index (χ0) is 18.5. The molecule has 2 bridgehead atoms. The third kappa shape index (κ3) is 2.60. The van der Waals surface area contributed by atoms with Crippen LogP contribution in [0.5, 0.6) is 11.5 Å². The van der Waals surface area contributed by atoms with Gasteiger partial charge < -0.3 is 18.9 Å². The molecule has 1 aromatic carbocycles. The molecule has 2 heterocycles. The van der Waals surface area contributed by atoms with E-state index in [1.165, 1.54) is 12.5 Å². The Bertz CT molecular complexity index is 755. The van der Waals surface area contributed by atoms with Gasteiger partial charge in [-0.15, -0.1) is 0 Å². The van der Waals surface area contributed by atoms with E-state index in [9.17, 15) is 4.79 Å². The van der Waals surface area contributed by atoms with Gasteiger partial charge in [0, 0.05) is 18.3 Å². The highest BCUT2D eigenvalue weighted by Gasteiger charge is 2.54. The largest absolute Gasteiger partial charge is 0.465 e. The number of carbonyl (C=O) groups is 1. The summed E-state index contributed by atoms with van der Waals surface area (Å²) in [4.78, 5) is 11.4. The normalized spacial score (nSPS) is 35.0. The zero-order valence-electron chi connectivity index (χ0n) is 15.8. The summed E-state index contributed by atoms with van der Waals surface area (Å²) in [6.07, 6.45) is 2.30.